The standard InChI is InChI=1S/C18H24N4O4S2/c1-7-22-9-12(11(3)20-22)8-21(4)18(27)19-15-13(16(23)25-5)10(2)14(28-15)17(24)26-6/h9H,7-8H2,1-6H3,(H,19,27). The first-order valence-electron chi connectivity index (χ1n) is 8.58. The first kappa shape index (κ1) is 21.8. The van der Waals surface area contributed by atoms with Crippen LogP contribution in [0.25, 0.3) is 0 Å². The van der Waals surface area contributed by atoms with Gasteiger partial charge in [0.05, 0.1) is 25.5 Å². The number of rotatable bonds is 6. The van der Waals surface area contributed by atoms with E-state index >= 15 is 0 Å². The molecule has 2 aromatic heterocycles. The van der Waals surface area contributed by atoms with Crippen LogP contribution in [0.15, 0.2) is 6.20 Å². The highest BCUT2D eigenvalue weighted by molar-refractivity contribution is 7.80. The number of ether oxygens (including phenoxy) is 2. The molecule has 0 aliphatic rings. The fourth-order valence-electron chi connectivity index (χ4n) is 2.63. The van der Waals surface area contributed by atoms with Gasteiger partial charge in [0, 0.05) is 31.9 Å². The van der Waals surface area contributed by atoms with Crippen molar-refractivity contribution in [3.05, 3.63) is 33.5 Å². The lowest BCUT2D eigenvalue weighted by atomic mass is 10.1. The van der Waals surface area contributed by atoms with Gasteiger partial charge in [0.1, 0.15) is 9.88 Å². The molecule has 10 heteroatoms. The van der Waals surface area contributed by atoms with Crippen molar-refractivity contribution in [2.24, 2.45) is 0 Å². The van der Waals surface area contributed by atoms with Crippen LogP contribution >= 0.6 is 23.6 Å². The van der Waals surface area contributed by atoms with Gasteiger partial charge in [-0.3, -0.25) is 4.68 Å². The summed E-state index contributed by atoms with van der Waals surface area (Å²) in [5.41, 5.74) is 2.77. The van der Waals surface area contributed by atoms with Gasteiger partial charge in [-0.05, 0) is 38.6 Å². The fourth-order valence-corrected chi connectivity index (χ4v) is 3.98. The summed E-state index contributed by atoms with van der Waals surface area (Å²) in [4.78, 5) is 26.4. The summed E-state index contributed by atoms with van der Waals surface area (Å²) < 4.78 is 11.5. The predicted octanol–water partition coefficient (Wildman–Crippen LogP) is 2.98. The summed E-state index contributed by atoms with van der Waals surface area (Å²) in [6, 6.07) is 0. The highest BCUT2D eigenvalue weighted by Gasteiger charge is 2.26. The molecule has 0 atom stereocenters. The maximum atomic E-state index is 12.2. The SMILES string of the molecule is CCn1cc(CN(C)C(=S)Nc2sc(C(=O)OC)c(C)c2C(=O)OC)c(C)n1. The van der Waals surface area contributed by atoms with Crippen LogP contribution in [-0.2, 0) is 22.6 Å². The summed E-state index contributed by atoms with van der Waals surface area (Å²) in [6.45, 7) is 7.00. The minimum absolute atomic E-state index is 0.277. The van der Waals surface area contributed by atoms with Crippen LogP contribution in [0, 0.1) is 13.8 Å². The molecule has 0 unspecified atom stereocenters. The zero-order chi connectivity index (χ0) is 21.0. The molecule has 152 valence electrons. The summed E-state index contributed by atoms with van der Waals surface area (Å²) in [5, 5.41) is 8.36. The number of nitrogens with zero attached hydrogens (tertiary/aromatic N) is 3. The Morgan fingerprint density at radius 2 is 1.93 bits per heavy atom. The third kappa shape index (κ3) is 4.50. The lowest BCUT2D eigenvalue weighted by Gasteiger charge is -2.20. The van der Waals surface area contributed by atoms with E-state index < -0.39 is 11.9 Å². The Kier molecular flexibility index (Phi) is 7.14. The number of esters is 2. The number of hydrogen-bond acceptors (Lipinski definition) is 7. The lowest BCUT2D eigenvalue weighted by molar-refractivity contribution is 0.0601. The van der Waals surface area contributed by atoms with Crippen molar-refractivity contribution in [2.75, 3.05) is 26.6 Å². The number of anilines is 1. The van der Waals surface area contributed by atoms with E-state index in [0.29, 0.717) is 27.1 Å². The fraction of sp³-hybridized carbons (Fsp3) is 0.444. The second-order valence-electron chi connectivity index (χ2n) is 6.13. The Hall–Kier alpha value is -2.46. The maximum absolute atomic E-state index is 12.2. The average molecular weight is 425 g/mol. The Morgan fingerprint density at radius 1 is 1.29 bits per heavy atom. The van der Waals surface area contributed by atoms with Gasteiger partial charge in [0.25, 0.3) is 0 Å². The van der Waals surface area contributed by atoms with E-state index in [1.165, 1.54) is 14.2 Å². The third-order valence-electron chi connectivity index (χ3n) is 4.25. The van der Waals surface area contributed by atoms with Crippen LogP contribution in [0.1, 0.15) is 43.8 Å². The molecule has 0 spiro atoms. The van der Waals surface area contributed by atoms with Crippen LogP contribution in [0.2, 0.25) is 0 Å². The van der Waals surface area contributed by atoms with Crippen molar-refractivity contribution < 1.29 is 19.1 Å². The van der Waals surface area contributed by atoms with Crippen molar-refractivity contribution in [3.8, 4) is 0 Å². The van der Waals surface area contributed by atoms with Crippen molar-refractivity contribution in [1.29, 1.82) is 0 Å². The molecule has 8 nitrogen and oxygen atoms in total. The number of carbonyl (C=O) groups excluding carboxylic acids is 2. The summed E-state index contributed by atoms with van der Waals surface area (Å²) >= 11 is 6.60. The smallest absolute Gasteiger partial charge is 0.348 e. The highest BCUT2D eigenvalue weighted by atomic mass is 32.1. The number of aryl methyl sites for hydroxylation is 2. The summed E-state index contributed by atoms with van der Waals surface area (Å²) in [7, 11) is 4.43. The monoisotopic (exact) mass is 424 g/mol. The van der Waals surface area contributed by atoms with Gasteiger partial charge >= 0.3 is 11.9 Å². The first-order valence-corrected chi connectivity index (χ1v) is 9.80. The number of thiocarbonyl (C=S) groups is 1. The zero-order valence-corrected chi connectivity index (χ0v) is 18.4. The van der Waals surface area contributed by atoms with Gasteiger partial charge in [-0.15, -0.1) is 11.3 Å². The number of nitrogens with one attached hydrogen (secondary N) is 1. The van der Waals surface area contributed by atoms with Crippen LogP contribution in [0.3, 0.4) is 0 Å². The molecule has 0 aromatic carbocycles. The molecule has 0 aliphatic carbocycles. The van der Waals surface area contributed by atoms with Crippen LogP contribution in [0.5, 0.6) is 0 Å². The van der Waals surface area contributed by atoms with Crippen LogP contribution in [0.4, 0.5) is 5.00 Å². The normalized spacial score (nSPS) is 10.5. The van der Waals surface area contributed by atoms with Crippen molar-refractivity contribution in [2.45, 2.75) is 33.9 Å². The molecule has 0 amide bonds. The summed E-state index contributed by atoms with van der Waals surface area (Å²) in [5.74, 6) is -1.06. The van der Waals surface area contributed by atoms with Gasteiger partial charge in [-0.2, -0.15) is 5.10 Å². The Morgan fingerprint density at radius 3 is 2.46 bits per heavy atom. The number of carbonyl (C=O) groups is 2. The third-order valence-corrected chi connectivity index (χ3v) is 5.85. The molecule has 0 saturated heterocycles. The van der Waals surface area contributed by atoms with Gasteiger partial charge in [-0.25, -0.2) is 9.59 Å². The molecule has 2 rings (SSSR count). The van der Waals surface area contributed by atoms with E-state index in [1.54, 1.807) is 6.92 Å². The maximum Gasteiger partial charge on any atom is 0.348 e. The molecule has 0 radical (unpaired) electrons. The Labute approximate surface area is 173 Å². The molecule has 1 N–H and O–H groups in total. The molecule has 0 fully saturated rings. The minimum Gasteiger partial charge on any atom is -0.465 e. The lowest BCUT2D eigenvalue weighted by Crippen LogP contribution is -2.31. The van der Waals surface area contributed by atoms with Gasteiger partial charge in [-0.1, -0.05) is 0 Å². The molecule has 2 aromatic rings. The molecule has 28 heavy (non-hydrogen) atoms. The first-order chi connectivity index (χ1) is 13.2. The van der Waals surface area contributed by atoms with Gasteiger partial charge < -0.3 is 19.7 Å². The second-order valence-corrected chi connectivity index (χ2v) is 7.53. The number of aromatic nitrogens is 2. The zero-order valence-electron chi connectivity index (χ0n) is 16.8. The van der Waals surface area contributed by atoms with E-state index in [0.717, 1.165) is 29.1 Å². The van der Waals surface area contributed by atoms with E-state index in [1.807, 2.05) is 36.7 Å². The molecular formula is C18H24N4O4S2. The molecule has 0 saturated carbocycles. The van der Waals surface area contributed by atoms with E-state index in [-0.39, 0.29) is 5.56 Å². The summed E-state index contributed by atoms with van der Waals surface area (Å²) in [6.07, 6.45) is 1.99. The van der Waals surface area contributed by atoms with Crippen molar-refractivity contribution >= 4 is 45.6 Å². The minimum atomic E-state index is -0.545. The Balaban J connectivity index is 2.25. The number of methoxy groups -OCH3 is 2. The quantitative estimate of drug-likeness (QED) is 0.560. The molecule has 2 heterocycles. The molecule has 0 aliphatic heterocycles. The largest absolute Gasteiger partial charge is 0.465 e. The number of hydrogen-bond donors (Lipinski definition) is 1. The Bertz CT molecular complexity index is 904. The van der Waals surface area contributed by atoms with Gasteiger partial charge in [0.15, 0.2) is 5.11 Å². The van der Waals surface area contributed by atoms with E-state index in [2.05, 4.69) is 10.4 Å². The van der Waals surface area contributed by atoms with Gasteiger partial charge in [0.2, 0.25) is 0 Å². The van der Waals surface area contributed by atoms with Crippen LogP contribution < -0.4 is 5.32 Å². The average Bonchev–Trinajstić information content (AvgIpc) is 3.19. The number of thiophene rings is 1. The van der Waals surface area contributed by atoms with Crippen molar-refractivity contribution in [1.82, 2.24) is 14.7 Å². The van der Waals surface area contributed by atoms with Crippen molar-refractivity contribution in [3.63, 3.8) is 0 Å². The van der Waals surface area contributed by atoms with E-state index in [9.17, 15) is 9.59 Å². The van der Waals surface area contributed by atoms with Crippen LogP contribution in [-0.4, -0.2) is 53.0 Å². The molecular weight excluding hydrogens is 400 g/mol. The topological polar surface area (TPSA) is 85.7 Å². The molecule has 0 bridgehead atoms. The highest BCUT2D eigenvalue weighted by Crippen LogP contribution is 2.34. The second kappa shape index (κ2) is 9.16. The predicted molar refractivity (Wildman–Crippen MR) is 112 cm³/mol. The van der Waals surface area contributed by atoms with E-state index in [4.69, 9.17) is 21.7 Å².